The molecule has 29 heavy (non-hydrogen) atoms. The van der Waals surface area contributed by atoms with Crippen LogP contribution in [-0.2, 0) is 24.3 Å². The van der Waals surface area contributed by atoms with Crippen LogP contribution in [0.5, 0.6) is 5.75 Å². The molecule has 4 rings (SSSR count). The summed E-state index contributed by atoms with van der Waals surface area (Å²) >= 11 is 0. The summed E-state index contributed by atoms with van der Waals surface area (Å²) < 4.78 is 11.2. The van der Waals surface area contributed by atoms with Gasteiger partial charge in [-0.25, -0.2) is 0 Å². The molecule has 2 aliphatic rings. The normalized spacial score (nSPS) is 16.7. The van der Waals surface area contributed by atoms with E-state index in [1.165, 1.54) is 16.0 Å². The minimum Gasteiger partial charge on any atom is -0.493 e. The van der Waals surface area contributed by atoms with Crippen LogP contribution in [0.15, 0.2) is 42.5 Å². The second-order valence-electron chi connectivity index (χ2n) is 8.32. The number of fused-ring (bicyclic) bond motifs is 1. The van der Waals surface area contributed by atoms with Gasteiger partial charge in [-0.05, 0) is 55.3 Å². The van der Waals surface area contributed by atoms with E-state index < -0.39 is 0 Å². The van der Waals surface area contributed by atoms with Crippen molar-refractivity contribution in [2.24, 2.45) is 0 Å². The van der Waals surface area contributed by atoms with Gasteiger partial charge in [-0.1, -0.05) is 12.1 Å². The topological polar surface area (TPSA) is 43.2 Å². The minimum absolute atomic E-state index is 0.134. The molecule has 5 heteroatoms. The molecule has 0 aromatic heterocycles. The standard InChI is InChI=1S/C24H30N2O3/c1-18(2)29-17-19-3-6-21(7-4-19)24(27)26-12-10-25(11-13-26)16-20-5-8-23-22(15-20)9-14-28-23/h3-8,15,18H,9-14,16-17H2,1-2H3/p+1. The van der Waals surface area contributed by atoms with Crippen molar-refractivity contribution in [3.63, 3.8) is 0 Å². The number of nitrogens with zero attached hydrogens (tertiary/aromatic N) is 1. The first-order valence-electron chi connectivity index (χ1n) is 10.7. The summed E-state index contributed by atoms with van der Waals surface area (Å²) in [6, 6.07) is 14.4. The molecule has 0 spiro atoms. The number of hydrogen-bond donors (Lipinski definition) is 1. The molecule has 2 heterocycles. The Labute approximate surface area is 173 Å². The molecule has 0 bridgehead atoms. The average molecular weight is 396 g/mol. The zero-order valence-corrected chi connectivity index (χ0v) is 17.4. The van der Waals surface area contributed by atoms with E-state index in [0.29, 0.717) is 6.61 Å². The van der Waals surface area contributed by atoms with Crippen LogP contribution < -0.4 is 9.64 Å². The zero-order chi connectivity index (χ0) is 20.2. The fourth-order valence-corrected chi connectivity index (χ4v) is 4.03. The Morgan fingerprint density at radius 3 is 2.55 bits per heavy atom. The molecule has 2 aromatic rings. The Hall–Kier alpha value is -2.37. The summed E-state index contributed by atoms with van der Waals surface area (Å²) in [5.74, 6) is 1.18. The molecule has 1 fully saturated rings. The molecular formula is C24H31N2O3+. The second kappa shape index (κ2) is 8.97. The van der Waals surface area contributed by atoms with Crippen molar-refractivity contribution in [3.8, 4) is 5.75 Å². The monoisotopic (exact) mass is 395 g/mol. The predicted molar refractivity (Wildman–Crippen MR) is 112 cm³/mol. The number of nitrogens with one attached hydrogen (secondary N) is 1. The molecule has 2 aliphatic heterocycles. The third kappa shape index (κ3) is 4.98. The molecule has 0 radical (unpaired) electrons. The molecule has 0 saturated carbocycles. The first-order valence-corrected chi connectivity index (χ1v) is 10.7. The highest BCUT2D eigenvalue weighted by Crippen LogP contribution is 2.25. The maximum Gasteiger partial charge on any atom is 0.254 e. The minimum atomic E-state index is 0.134. The van der Waals surface area contributed by atoms with Crippen LogP contribution in [0.2, 0.25) is 0 Å². The number of hydrogen-bond acceptors (Lipinski definition) is 3. The number of amides is 1. The van der Waals surface area contributed by atoms with E-state index in [2.05, 4.69) is 18.2 Å². The van der Waals surface area contributed by atoms with Gasteiger partial charge in [-0.3, -0.25) is 4.79 Å². The van der Waals surface area contributed by atoms with Crippen LogP contribution in [0.3, 0.4) is 0 Å². The van der Waals surface area contributed by atoms with E-state index in [1.807, 2.05) is 43.0 Å². The van der Waals surface area contributed by atoms with Gasteiger partial charge in [0.1, 0.15) is 12.3 Å². The molecule has 5 nitrogen and oxygen atoms in total. The van der Waals surface area contributed by atoms with Crippen molar-refractivity contribution in [3.05, 3.63) is 64.7 Å². The molecule has 1 N–H and O–H groups in total. The van der Waals surface area contributed by atoms with E-state index in [-0.39, 0.29) is 12.0 Å². The molecule has 0 unspecified atom stereocenters. The Kier molecular flexibility index (Phi) is 6.16. The SMILES string of the molecule is CC(C)OCc1ccc(C(=O)N2CC[NH+](Cc3ccc4c(c3)CCO4)CC2)cc1. The average Bonchev–Trinajstić information content (AvgIpc) is 3.20. The number of piperazine rings is 1. The van der Waals surface area contributed by atoms with Crippen molar-refractivity contribution in [2.75, 3.05) is 32.8 Å². The van der Waals surface area contributed by atoms with Crippen molar-refractivity contribution in [1.29, 1.82) is 0 Å². The van der Waals surface area contributed by atoms with Gasteiger partial charge >= 0.3 is 0 Å². The number of carbonyl (C=O) groups excluding carboxylic acids is 1. The van der Waals surface area contributed by atoms with E-state index in [0.717, 1.165) is 62.6 Å². The maximum atomic E-state index is 12.8. The summed E-state index contributed by atoms with van der Waals surface area (Å²) in [5.41, 5.74) is 4.56. The van der Waals surface area contributed by atoms with Gasteiger partial charge in [-0.15, -0.1) is 0 Å². The van der Waals surface area contributed by atoms with Crippen LogP contribution in [0.1, 0.15) is 40.9 Å². The quantitative estimate of drug-likeness (QED) is 0.815. The van der Waals surface area contributed by atoms with Crippen LogP contribution in [0.4, 0.5) is 0 Å². The highest BCUT2D eigenvalue weighted by Gasteiger charge is 2.25. The summed E-state index contributed by atoms with van der Waals surface area (Å²) in [5, 5.41) is 0. The lowest BCUT2D eigenvalue weighted by Crippen LogP contribution is -3.13. The second-order valence-corrected chi connectivity index (χ2v) is 8.32. The van der Waals surface area contributed by atoms with Crippen molar-refractivity contribution in [2.45, 2.75) is 39.5 Å². The Morgan fingerprint density at radius 1 is 1.10 bits per heavy atom. The van der Waals surface area contributed by atoms with Crippen LogP contribution >= 0.6 is 0 Å². The Bertz CT molecular complexity index is 840. The number of rotatable bonds is 6. The molecule has 2 aromatic carbocycles. The number of carbonyl (C=O) groups is 1. The van der Waals surface area contributed by atoms with Crippen molar-refractivity contribution < 1.29 is 19.2 Å². The predicted octanol–water partition coefficient (Wildman–Crippen LogP) is 2.09. The first-order chi connectivity index (χ1) is 14.1. The van der Waals surface area contributed by atoms with Crippen LogP contribution in [0.25, 0.3) is 0 Å². The van der Waals surface area contributed by atoms with Crippen LogP contribution in [-0.4, -0.2) is 49.7 Å². The summed E-state index contributed by atoms with van der Waals surface area (Å²) in [7, 11) is 0. The highest BCUT2D eigenvalue weighted by atomic mass is 16.5. The lowest BCUT2D eigenvalue weighted by Gasteiger charge is -2.32. The molecular weight excluding hydrogens is 364 g/mol. The van der Waals surface area contributed by atoms with Gasteiger partial charge in [0, 0.05) is 17.5 Å². The van der Waals surface area contributed by atoms with E-state index in [4.69, 9.17) is 9.47 Å². The van der Waals surface area contributed by atoms with Crippen molar-refractivity contribution in [1.82, 2.24) is 4.90 Å². The fraction of sp³-hybridized carbons (Fsp3) is 0.458. The number of quaternary nitrogens is 1. The maximum absolute atomic E-state index is 12.8. The summed E-state index contributed by atoms with van der Waals surface area (Å²) in [6.45, 7) is 10.0. The van der Waals surface area contributed by atoms with E-state index in [1.54, 1.807) is 0 Å². The molecule has 0 atom stereocenters. The van der Waals surface area contributed by atoms with E-state index >= 15 is 0 Å². The van der Waals surface area contributed by atoms with Gasteiger partial charge in [-0.2, -0.15) is 0 Å². The summed E-state index contributed by atoms with van der Waals surface area (Å²) in [6.07, 6.45) is 1.23. The van der Waals surface area contributed by atoms with Gasteiger partial charge in [0.15, 0.2) is 0 Å². The molecule has 1 saturated heterocycles. The van der Waals surface area contributed by atoms with Gasteiger partial charge in [0.05, 0.1) is 45.5 Å². The van der Waals surface area contributed by atoms with E-state index in [9.17, 15) is 4.79 Å². The zero-order valence-electron chi connectivity index (χ0n) is 17.4. The first kappa shape index (κ1) is 19.9. The third-order valence-corrected chi connectivity index (χ3v) is 5.75. The molecule has 154 valence electrons. The lowest BCUT2D eigenvalue weighted by atomic mass is 10.1. The Balaban J connectivity index is 1.28. The Morgan fingerprint density at radius 2 is 1.83 bits per heavy atom. The molecule has 1 amide bonds. The number of ether oxygens (including phenoxy) is 2. The number of benzene rings is 2. The third-order valence-electron chi connectivity index (χ3n) is 5.75. The lowest BCUT2D eigenvalue weighted by molar-refractivity contribution is -0.917. The van der Waals surface area contributed by atoms with Gasteiger partial charge in [0.2, 0.25) is 0 Å². The van der Waals surface area contributed by atoms with Crippen LogP contribution in [0, 0.1) is 0 Å². The van der Waals surface area contributed by atoms with Gasteiger partial charge < -0.3 is 19.3 Å². The summed E-state index contributed by atoms with van der Waals surface area (Å²) in [4.78, 5) is 16.4. The highest BCUT2D eigenvalue weighted by molar-refractivity contribution is 5.94. The smallest absolute Gasteiger partial charge is 0.254 e. The fourth-order valence-electron chi connectivity index (χ4n) is 4.03. The van der Waals surface area contributed by atoms with Gasteiger partial charge in [0.25, 0.3) is 5.91 Å². The van der Waals surface area contributed by atoms with Crippen molar-refractivity contribution >= 4 is 5.91 Å². The largest absolute Gasteiger partial charge is 0.493 e. The molecule has 0 aliphatic carbocycles.